The largest absolute Gasteiger partial charge is 0.310 e. The summed E-state index contributed by atoms with van der Waals surface area (Å²) in [4.78, 5) is 2.64. The fraction of sp³-hybridized carbons (Fsp3) is 0.625. The van der Waals surface area contributed by atoms with Crippen molar-refractivity contribution >= 4 is 0 Å². The second-order valence-electron chi connectivity index (χ2n) is 6.32. The molecule has 2 heterocycles. The maximum absolute atomic E-state index is 13.3. The second-order valence-corrected chi connectivity index (χ2v) is 6.32. The summed E-state index contributed by atoms with van der Waals surface area (Å²) >= 11 is 0. The Bertz CT molecular complexity index is 488. The Morgan fingerprint density at radius 1 is 1.11 bits per heavy atom. The van der Waals surface area contributed by atoms with E-state index in [0.717, 1.165) is 25.4 Å². The van der Waals surface area contributed by atoms with Crippen molar-refractivity contribution in [2.75, 3.05) is 13.1 Å². The third kappa shape index (κ3) is 2.09. The molecular formula is C16H21FN2. The zero-order valence-electron chi connectivity index (χ0n) is 11.2. The summed E-state index contributed by atoms with van der Waals surface area (Å²) in [6.07, 6.45) is 6.14. The quantitative estimate of drug-likeness (QED) is 0.835. The SMILES string of the molecule is Fc1ccc2c(c1)CCC2N1CCC2CCC(C1)N2. The molecule has 2 nitrogen and oxygen atoms in total. The number of nitrogens with one attached hydrogen (secondary N) is 1. The predicted octanol–water partition coefficient (Wildman–Crippen LogP) is 2.64. The molecule has 102 valence electrons. The molecule has 3 heteroatoms. The zero-order valence-corrected chi connectivity index (χ0v) is 11.2. The summed E-state index contributed by atoms with van der Waals surface area (Å²) in [5.41, 5.74) is 2.60. The van der Waals surface area contributed by atoms with Crippen LogP contribution in [0.4, 0.5) is 4.39 Å². The summed E-state index contributed by atoms with van der Waals surface area (Å²) in [6.45, 7) is 2.35. The molecule has 2 fully saturated rings. The van der Waals surface area contributed by atoms with Crippen LogP contribution in [0.2, 0.25) is 0 Å². The predicted molar refractivity (Wildman–Crippen MR) is 73.6 cm³/mol. The molecule has 19 heavy (non-hydrogen) atoms. The fourth-order valence-electron chi connectivity index (χ4n) is 4.20. The van der Waals surface area contributed by atoms with Gasteiger partial charge in [-0.05, 0) is 55.4 Å². The van der Waals surface area contributed by atoms with Crippen LogP contribution in [0, 0.1) is 5.82 Å². The third-order valence-electron chi connectivity index (χ3n) is 5.15. The molecule has 0 amide bonds. The lowest BCUT2D eigenvalue weighted by Crippen LogP contribution is -2.37. The highest BCUT2D eigenvalue weighted by Gasteiger charge is 2.34. The number of aryl methyl sites for hydroxylation is 1. The first-order valence-corrected chi connectivity index (χ1v) is 7.58. The normalized spacial score (nSPS) is 34.3. The van der Waals surface area contributed by atoms with E-state index in [2.05, 4.69) is 10.2 Å². The number of hydrogen-bond donors (Lipinski definition) is 1. The van der Waals surface area contributed by atoms with Crippen LogP contribution in [0.1, 0.15) is 42.9 Å². The number of fused-ring (bicyclic) bond motifs is 3. The van der Waals surface area contributed by atoms with Crippen molar-refractivity contribution in [3.05, 3.63) is 35.1 Å². The van der Waals surface area contributed by atoms with E-state index in [9.17, 15) is 4.39 Å². The molecule has 3 aliphatic rings. The zero-order chi connectivity index (χ0) is 12.8. The van der Waals surface area contributed by atoms with Gasteiger partial charge in [-0.1, -0.05) is 6.07 Å². The van der Waals surface area contributed by atoms with Crippen LogP contribution in [-0.4, -0.2) is 30.1 Å². The fourth-order valence-corrected chi connectivity index (χ4v) is 4.20. The Morgan fingerprint density at radius 2 is 2.00 bits per heavy atom. The highest BCUT2D eigenvalue weighted by atomic mass is 19.1. The van der Waals surface area contributed by atoms with Gasteiger partial charge >= 0.3 is 0 Å². The van der Waals surface area contributed by atoms with Crippen LogP contribution in [0.3, 0.4) is 0 Å². The molecule has 0 saturated carbocycles. The molecule has 0 aromatic heterocycles. The average Bonchev–Trinajstić information content (AvgIpc) is 2.93. The summed E-state index contributed by atoms with van der Waals surface area (Å²) in [5, 5.41) is 3.74. The Hall–Kier alpha value is -0.930. The van der Waals surface area contributed by atoms with Crippen LogP contribution in [0.5, 0.6) is 0 Å². The molecule has 3 unspecified atom stereocenters. The van der Waals surface area contributed by atoms with Gasteiger partial charge in [-0.25, -0.2) is 4.39 Å². The van der Waals surface area contributed by atoms with Crippen molar-refractivity contribution in [2.45, 2.75) is 50.2 Å². The van der Waals surface area contributed by atoms with E-state index in [0.29, 0.717) is 12.1 Å². The Labute approximate surface area is 114 Å². The number of rotatable bonds is 1. The number of halogens is 1. The molecular weight excluding hydrogens is 239 g/mol. The summed E-state index contributed by atoms with van der Waals surface area (Å²) in [7, 11) is 0. The van der Waals surface area contributed by atoms with Gasteiger partial charge in [-0.3, -0.25) is 4.90 Å². The van der Waals surface area contributed by atoms with Crippen molar-refractivity contribution in [3.63, 3.8) is 0 Å². The van der Waals surface area contributed by atoms with Gasteiger partial charge in [-0.2, -0.15) is 0 Å². The van der Waals surface area contributed by atoms with E-state index in [1.54, 1.807) is 12.1 Å². The smallest absolute Gasteiger partial charge is 0.123 e. The van der Waals surface area contributed by atoms with E-state index < -0.39 is 0 Å². The topological polar surface area (TPSA) is 15.3 Å². The molecule has 1 aromatic carbocycles. The van der Waals surface area contributed by atoms with Crippen molar-refractivity contribution in [2.24, 2.45) is 0 Å². The van der Waals surface area contributed by atoms with E-state index >= 15 is 0 Å². The minimum absolute atomic E-state index is 0.0870. The summed E-state index contributed by atoms with van der Waals surface area (Å²) < 4.78 is 13.3. The van der Waals surface area contributed by atoms with Gasteiger partial charge in [0.2, 0.25) is 0 Å². The first kappa shape index (κ1) is 11.9. The van der Waals surface area contributed by atoms with Crippen molar-refractivity contribution in [1.82, 2.24) is 10.2 Å². The van der Waals surface area contributed by atoms with Gasteiger partial charge in [0, 0.05) is 31.2 Å². The number of benzene rings is 1. The van der Waals surface area contributed by atoms with E-state index in [1.807, 2.05) is 6.07 Å². The first-order valence-electron chi connectivity index (χ1n) is 7.58. The van der Waals surface area contributed by atoms with E-state index in [1.165, 1.54) is 36.9 Å². The standard InChI is InChI=1S/C16H21FN2/c17-12-2-5-15-11(9-12)1-6-16(15)19-8-7-13-3-4-14(10-19)18-13/h2,5,9,13-14,16,18H,1,3-4,6-8,10H2. The number of likely N-dealkylation sites (tertiary alicyclic amines) is 1. The molecule has 0 radical (unpaired) electrons. The maximum atomic E-state index is 13.3. The molecule has 1 aromatic rings. The van der Waals surface area contributed by atoms with Crippen LogP contribution < -0.4 is 5.32 Å². The Balaban J connectivity index is 1.58. The van der Waals surface area contributed by atoms with Crippen LogP contribution >= 0.6 is 0 Å². The van der Waals surface area contributed by atoms with Crippen LogP contribution in [-0.2, 0) is 6.42 Å². The summed E-state index contributed by atoms with van der Waals surface area (Å²) in [5.74, 6) is -0.0870. The monoisotopic (exact) mass is 260 g/mol. The number of hydrogen-bond acceptors (Lipinski definition) is 2. The Kier molecular flexibility index (Phi) is 2.85. The maximum Gasteiger partial charge on any atom is 0.123 e. The van der Waals surface area contributed by atoms with Gasteiger partial charge in [0.05, 0.1) is 0 Å². The lowest BCUT2D eigenvalue weighted by atomic mass is 10.0. The van der Waals surface area contributed by atoms with E-state index in [-0.39, 0.29) is 5.82 Å². The van der Waals surface area contributed by atoms with Crippen LogP contribution in [0.15, 0.2) is 18.2 Å². The number of nitrogens with zero attached hydrogens (tertiary/aromatic N) is 1. The van der Waals surface area contributed by atoms with Crippen LogP contribution in [0.25, 0.3) is 0 Å². The van der Waals surface area contributed by atoms with Crippen molar-refractivity contribution in [3.8, 4) is 0 Å². The lowest BCUT2D eigenvalue weighted by molar-refractivity contribution is 0.187. The molecule has 2 bridgehead atoms. The molecule has 2 aliphatic heterocycles. The van der Waals surface area contributed by atoms with Gasteiger partial charge in [0.1, 0.15) is 5.82 Å². The van der Waals surface area contributed by atoms with Crippen molar-refractivity contribution < 1.29 is 4.39 Å². The average molecular weight is 260 g/mol. The molecule has 2 saturated heterocycles. The first-order chi connectivity index (χ1) is 9.29. The van der Waals surface area contributed by atoms with Gasteiger partial charge in [0.15, 0.2) is 0 Å². The minimum Gasteiger partial charge on any atom is -0.310 e. The lowest BCUT2D eigenvalue weighted by Gasteiger charge is -2.30. The molecule has 1 N–H and O–H groups in total. The molecule has 1 aliphatic carbocycles. The molecule has 3 atom stereocenters. The van der Waals surface area contributed by atoms with E-state index in [4.69, 9.17) is 0 Å². The van der Waals surface area contributed by atoms with Gasteiger partial charge in [-0.15, -0.1) is 0 Å². The minimum atomic E-state index is -0.0870. The summed E-state index contributed by atoms with van der Waals surface area (Å²) in [6, 6.07) is 7.31. The van der Waals surface area contributed by atoms with Crippen molar-refractivity contribution in [1.29, 1.82) is 0 Å². The molecule has 4 rings (SSSR count). The highest BCUT2D eigenvalue weighted by Crippen LogP contribution is 2.37. The Morgan fingerprint density at radius 3 is 2.95 bits per heavy atom. The molecule has 0 spiro atoms. The third-order valence-corrected chi connectivity index (χ3v) is 5.15. The highest BCUT2D eigenvalue weighted by molar-refractivity contribution is 5.35. The van der Waals surface area contributed by atoms with Gasteiger partial charge < -0.3 is 5.32 Å². The second kappa shape index (κ2) is 4.57. The van der Waals surface area contributed by atoms with Gasteiger partial charge in [0.25, 0.3) is 0 Å².